The zero-order valence-electron chi connectivity index (χ0n) is 16.9. The third-order valence-electron chi connectivity index (χ3n) is 4.83. The Hall–Kier alpha value is -2.42. The summed E-state index contributed by atoms with van der Waals surface area (Å²) in [5.41, 5.74) is 2.28. The van der Waals surface area contributed by atoms with Crippen LogP contribution in [0.15, 0.2) is 41.3 Å². The second-order valence-corrected chi connectivity index (χ2v) is 10.7. The fourth-order valence-corrected chi connectivity index (χ4v) is 4.81. The van der Waals surface area contributed by atoms with Crippen LogP contribution in [0.4, 0.5) is 5.69 Å². The first-order valence-electron chi connectivity index (χ1n) is 9.66. The third kappa shape index (κ3) is 4.35. The van der Waals surface area contributed by atoms with Crippen molar-refractivity contribution in [3.05, 3.63) is 52.8 Å². The molecule has 1 heterocycles. The van der Waals surface area contributed by atoms with Crippen molar-refractivity contribution in [2.24, 2.45) is 0 Å². The molecular formula is C21H23ClN4O3S. The molecule has 3 aromatic rings. The van der Waals surface area contributed by atoms with E-state index in [0.717, 1.165) is 29.7 Å². The van der Waals surface area contributed by atoms with Crippen LogP contribution in [-0.2, 0) is 15.4 Å². The molecule has 158 valence electrons. The molecule has 1 saturated carbocycles. The number of hydrogen-bond donors (Lipinski definition) is 3. The average molecular weight is 447 g/mol. The number of carbonyl (C=O) groups excluding carboxylic acids is 1. The molecule has 1 aromatic heterocycles. The molecule has 0 saturated heterocycles. The van der Waals surface area contributed by atoms with Crippen LogP contribution in [0.3, 0.4) is 0 Å². The fraction of sp³-hybridized carbons (Fsp3) is 0.333. The normalized spacial score (nSPS) is 14.8. The lowest BCUT2D eigenvalue weighted by atomic mass is 9.96. The number of aromatic amines is 1. The minimum atomic E-state index is -3.77. The van der Waals surface area contributed by atoms with Gasteiger partial charge in [0.1, 0.15) is 10.7 Å². The van der Waals surface area contributed by atoms with Gasteiger partial charge in [-0.05, 0) is 49.2 Å². The summed E-state index contributed by atoms with van der Waals surface area (Å²) in [5, 5.41) is 2.88. The number of carbonyl (C=O) groups is 1. The van der Waals surface area contributed by atoms with Crippen molar-refractivity contribution in [3.8, 4) is 0 Å². The number of fused-ring (bicyclic) bond motifs is 1. The standard InChI is InChI=1S/C21H23ClN4O3S/c1-21(2,3)20-24-16-9-7-14(11-17(16)25-20)23-19(27)12-4-8-15(22)18(10-12)30(28,29)26-13-5-6-13/h4,7-11,13,26H,5-6H2,1-3H3,(H,23,27)(H,24,25). The van der Waals surface area contributed by atoms with Crippen LogP contribution in [0.5, 0.6) is 0 Å². The minimum absolute atomic E-state index is 0.0531. The lowest BCUT2D eigenvalue weighted by Crippen LogP contribution is -2.26. The predicted molar refractivity (Wildman–Crippen MR) is 118 cm³/mol. The molecule has 1 fully saturated rings. The van der Waals surface area contributed by atoms with Crippen LogP contribution in [0.25, 0.3) is 11.0 Å². The van der Waals surface area contributed by atoms with Gasteiger partial charge in [-0.15, -0.1) is 0 Å². The predicted octanol–water partition coefficient (Wildman–Crippen LogP) is 4.21. The molecule has 9 heteroatoms. The quantitative estimate of drug-likeness (QED) is 0.546. The van der Waals surface area contributed by atoms with E-state index in [1.165, 1.54) is 18.2 Å². The highest BCUT2D eigenvalue weighted by Gasteiger charge is 2.29. The van der Waals surface area contributed by atoms with E-state index in [2.05, 4.69) is 40.8 Å². The number of sulfonamides is 1. The lowest BCUT2D eigenvalue weighted by Gasteiger charge is -2.13. The molecular weight excluding hydrogens is 424 g/mol. The maximum atomic E-state index is 12.7. The van der Waals surface area contributed by atoms with Crippen LogP contribution in [0.2, 0.25) is 5.02 Å². The molecule has 1 aliphatic rings. The smallest absolute Gasteiger partial charge is 0.255 e. The van der Waals surface area contributed by atoms with Crippen molar-refractivity contribution in [2.75, 3.05) is 5.32 Å². The Morgan fingerprint density at radius 1 is 1.17 bits per heavy atom. The van der Waals surface area contributed by atoms with Crippen LogP contribution < -0.4 is 10.0 Å². The summed E-state index contributed by atoms with van der Waals surface area (Å²) in [6.07, 6.45) is 1.62. The van der Waals surface area contributed by atoms with Gasteiger partial charge in [-0.2, -0.15) is 0 Å². The number of hydrogen-bond acceptors (Lipinski definition) is 4. The summed E-state index contributed by atoms with van der Waals surface area (Å²) in [6, 6.07) is 9.56. The number of aromatic nitrogens is 2. The third-order valence-corrected chi connectivity index (χ3v) is 6.83. The Kier molecular flexibility index (Phi) is 5.12. The van der Waals surface area contributed by atoms with E-state index in [1.54, 1.807) is 12.1 Å². The number of imidazole rings is 1. The summed E-state index contributed by atoms with van der Waals surface area (Å²) in [5.74, 6) is 0.432. The van der Waals surface area contributed by atoms with E-state index >= 15 is 0 Å². The Bertz CT molecular complexity index is 1240. The molecule has 3 N–H and O–H groups in total. The van der Waals surface area contributed by atoms with E-state index in [0.29, 0.717) is 5.69 Å². The first kappa shape index (κ1) is 20.8. The summed E-state index contributed by atoms with van der Waals surface area (Å²) in [4.78, 5) is 20.5. The number of H-pyrrole nitrogens is 1. The Morgan fingerprint density at radius 2 is 1.90 bits per heavy atom. The number of benzene rings is 2. The van der Waals surface area contributed by atoms with Crippen LogP contribution >= 0.6 is 11.6 Å². The SMILES string of the molecule is CC(C)(C)c1nc2ccc(NC(=O)c3ccc(Cl)c(S(=O)(=O)NC4CC4)c3)cc2[nH]1. The van der Waals surface area contributed by atoms with Crippen LogP contribution in [0, 0.1) is 0 Å². The number of halogens is 1. The molecule has 1 aliphatic carbocycles. The molecule has 4 rings (SSSR count). The molecule has 2 aromatic carbocycles. The molecule has 0 aliphatic heterocycles. The molecule has 0 atom stereocenters. The van der Waals surface area contributed by atoms with E-state index in [4.69, 9.17) is 11.6 Å². The number of nitrogens with zero attached hydrogens (tertiary/aromatic N) is 1. The van der Waals surface area contributed by atoms with Gasteiger partial charge in [0.15, 0.2) is 0 Å². The summed E-state index contributed by atoms with van der Waals surface area (Å²) in [7, 11) is -3.77. The van der Waals surface area contributed by atoms with E-state index < -0.39 is 15.9 Å². The topological polar surface area (TPSA) is 104 Å². The molecule has 30 heavy (non-hydrogen) atoms. The molecule has 0 radical (unpaired) electrons. The van der Waals surface area contributed by atoms with Gasteiger partial charge in [0.25, 0.3) is 5.91 Å². The summed E-state index contributed by atoms with van der Waals surface area (Å²) < 4.78 is 27.6. The van der Waals surface area contributed by atoms with Crippen molar-refractivity contribution in [2.45, 2.75) is 50.0 Å². The zero-order valence-corrected chi connectivity index (χ0v) is 18.5. The first-order valence-corrected chi connectivity index (χ1v) is 11.5. The number of amides is 1. The second kappa shape index (κ2) is 7.37. The van der Waals surface area contributed by atoms with E-state index in [9.17, 15) is 13.2 Å². The highest BCUT2D eigenvalue weighted by Crippen LogP contribution is 2.28. The van der Waals surface area contributed by atoms with E-state index in [-0.39, 0.29) is 26.9 Å². The van der Waals surface area contributed by atoms with Gasteiger partial charge in [-0.1, -0.05) is 32.4 Å². The van der Waals surface area contributed by atoms with Crippen LogP contribution in [0.1, 0.15) is 49.8 Å². The van der Waals surface area contributed by atoms with Gasteiger partial charge in [-0.25, -0.2) is 18.1 Å². The highest BCUT2D eigenvalue weighted by atomic mass is 35.5. The fourth-order valence-electron chi connectivity index (χ4n) is 2.98. The molecule has 0 bridgehead atoms. The van der Waals surface area contributed by atoms with Crippen molar-refractivity contribution in [1.82, 2.24) is 14.7 Å². The van der Waals surface area contributed by atoms with Crippen molar-refractivity contribution < 1.29 is 13.2 Å². The Balaban J connectivity index is 1.58. The number of rotatable bonds is 5. The van der Waals surface area contributed by atoms with Gasteiger partial charge in [0.05, 0.1) is 16.1 Å². The van der Waals surface area contributed by atoms with Crippen molar-refractivity contribution in [1.29, 1.82) is 0 Å². The van der Waals surface area contributed by atoms with Crippen molar-refractivity contribution in [3.63, 3.8) is 0 Å². The highest BCUT2D eigenvalue weighted by molar-refractivity contribution is 7.89. The van der Waals surface area contributed by atoms with E-state index in [1.807, 2.05) is 6.07 Å². The molecule has 1 amide bonds. The monoisotopic (exact) mass is 446 g/mol. The van der Waals surface area contributed by atoms with Gasteiger partial charge >= 0.3 is 0 Å². The maximum absolute atomic E-state index is 12.7. The number of anilines is 1. The largest absolute Gasteiger partial charge is 0.341 e. The first-order chi connectivity index (χ1) is 14.0. The van der Waals surface area contributed by atoms with Crippen LogP contribution in [-0.4, -0.2) is 30.3 Å². The molecule has 0 unspecified atom stereocenters. The second-order valence-electron chi connectivity index (χ2n) is 8.56. The van der Waals surface area contributed by atoms with Gasteiger partial charge in [0, 0.05) is 22.7 Å². The molecule has 7 nitrogen and oxygen atoms in total. The Morgan fingerprint density at radius 3 is 2.57 bits per heavy atom. The summed E-state index contributed by atoms with van der Waals surface area (Å²) in [6.45, 7) is 6.20. The van der Waals surface area contributed by atoms with Gasteiger partial charge in [-0.3, -0.25) is 4.79 Å². The van der Waals surface area contributed by atoms with Gasteiger partial charge in [0.2, 0.25) is 10.0 Å². The molecule has 0 spiro atoms. The lowest BCUT2D eigenvalue weighted by molar-refractivity contribution is 0.102. The zero-order chi connectivity index (χ0) is 21.7. The minimum Gasteiger partial charge on any atom is -0.341 e. The average Bonchev–Trinajstić information content (AvgIpc) is 3.34. The maximum Gasteiger partial charge on any atom is 0.255 e. The summed E-state index contributed by atoms with van der Waals surface area (Å²) >= 11 is 6.09. The number of nitrogens with one attached hydrogen (secondary N) is 3. The Labute approximate surface area is 180 Å². The van der Waals surface area contributed by atoms with Gasteiger partial charge < -0.3 is 10.3 Å². The van der Waals surface area contributed by atoms with Crippen molar-refractivity contribution >= 4 is 44.3 Å².